The van der Waals surface area contributed by atoms with Gasteiger partial charge in [0.2, 0.25) is 6.79 Å². The predicted octanol–water partition coefficient (Wildman–Crippen LogP) is 5.12. The molecule has 0 aliphatic carbocycles. The number of carbonyl (C=O) groups excluding carboxylic acids is 1. The first-order valence-electron chi connectivity index (χ1n) is 11.4. The average Bonchev–Trinajstić information content (AvgIpc) is 3.34. The number of rotatable bonds is 5. The molecule has 0 bridgehead atoms. The maximum atomic E-state index is 13.4. The second-order valence-electron chi connectivity index (χ2n) is 8.65. The number of Topliss-reactive ketones (excluding diaryl/α,β-unsaturated/α-hetero) is 1. The molecule has 0 saturated carbocycles. The van der Waals surface area contributed by atoms with Gasteiger partial charge in [-0.25, -0.2) is 0 Å². The van der Waals surface area contributed by atoms with Gasteiger partial charge in [0.1, 0.15) is 0 Å². The monoisotopic (exact) mass is 455 g/mol. The van der Waals surface area contributed by atoms with E-state index >= 15 is 0 Å². The molecular weight excluding hydrogens is 430 g/mol. The summed E-state index contributed by atoms with van der Waals surface area (Å²) in [5.41, 5.74) is 6.16. The maximum Gasteiger partial charge on any atom is 0.231 e. The van der Waals surface area contributed by atoms with Crippen LogP contribution in [0.25, 0.3) is 11.8 Å². The lowest BCUT2D eigenvalue weighted by Gasteiger charge is -2.43. The van der Waals surface area contributed by atoms with Gasteiger partial charge in [-0.2, -0.15) is 0 Å². The minimum absolute atomic E-state index is 0.0964. The third kappa shape index (κ3) is 3.21. The fourth-order valence-electron chi connectivity index (χ4n) is 5.30. The van der Waals surface area contributed by atoms with Crippen molar-refractivity contribution in [1.82, 2.24) is 4.90 Å². The SMILES string of the molecule is COc1ccc2c(c1OC)C(CC(=O)c1ccccc1)N1CCc3cc4c(cc3C1=C2)OCO4. The molecule has 0 aromatic heterocycles. The fraction of sp³-hybridized carbons (Fsp3) is 0.250. The number of hydrogen-bond acceptors (Lipinski definition) is 6. The van der Waals surface area contributed by atoms with E-state index in [1.807, 2.05) is 42.5 Å². The lowest BCUT2D eigenvalue weighted by Crippen LogP contribution is -2.37. The highest BCUT2D eigenvalue weighted by atomic mass is 16.7. The zero-order valence-electron chi connectivity index (χ0n) is 19.2. The summed E-state index contributed by atoms with van der Waals surface area (Å²) in [5, 5.41) is 0. The van der Waals surface area contributed by atoms with E-state index in [0.717, 1.165) is 46.9 Å². The Kier molecular flexibility index (Phi) is 4.94. The van der Waals surface area contributed by atoms with E-state index in [9.17, 15) is 4.79 Å². The summed E-state index contributed by atoms with van der Waals surface area (Å²) in [7, 11) is 3.29. The summed E-state index contributed by atoms with van der Waals surface area (Å²) in [6.07, 6.45) is 3.36. The highest BCUT2D eigenvalue weighted by Gasteiger charge is 2.37. The standard InChI is InChI=1S/C28H25NO5/c1-31-24-9-8-19-12-21-20-14-26-25(33-16-34-26)13-18(20)10-11-29(21)22(27(19)28(24)32-2)15-23(30)17-6-4-3-5-7-17/h3-9,12-14,22H,10-11,15-16H2,1-2H3. The van der Waals surface area contributed by atoms with Gasteiger partial charge in [0, 0.05) is 35.4 Å². The van der Waals surface area contributed by atoms with Gasteiger partial charge in [0.15, 0.2) is 28.8 Å². The van der Waals surface area contributed by atoms with Crippen LogP contribution >= 0.6 is 0 Å². The number of ketones is 1. The Morgan fingerprint density at radius 3 is 2.59 bits per heavy atom. The summed E-state index contributed by atoms with van der Waals surface area (Å²) >= 11 is 0. The molecule has 6 nitrogen and oxygen atoms in total. The Bertz CT molecular complexity index is 1310. The fourth-order valence-corrected chi connectivity index (χ4v) is 5.30. The van der Waals surface area contributed by atoms with Crippen molar-refractivity contribution in [3.63, 3.8) is 0 Å². The van der Waals surface area contributed by atoms with Gasteiger partial charge in [-0.1, -0.05) is 36.4 Å². The summed E-state index contributed by atoms with van der Waals surface area (Å²) in [6.45, 7) is 1.03. The van der Waals surface area contributed by atoms with Crippen LogP contribution in [0.5, 0.6) is 23.0 Å². The van der Waals surface area contributed by atoms with E-state index in [0.29, 0.717) is 23.5 Å². The largest absolute Gasteiger partial charge is 0.493 e. The molecule has 0 N–H and O–H groups in total. The summed E-state index contributed by atoms with van der Waals surface area (Å²) in [6, 6.07) is 17.4. The van der Waals surface area contributed by atoms with E-state index in [-0.39, 0.29) is 18.6 Å². The number of carbonyl (C=O) groups is 1. The van der Waals surface area contributed by atoms with Gasteiger partial charge in [-0.3, -0.25) is 4.79 Å². The molecule has 1 unspecified atom stereocenters. The molecule has 0 amide bonds. The highest BCUT2D eigenvalue weighted by molar-refractivity contribution is 5.97. The first-order valence-corrected chi connectivity index (χ1v) is 11.4. The van der Waals surface area contributed by atoms with E-state index in [2.05, 4.69) is 23.1 Å². The Morgan fingerprint density at radius 1 is 1.03 bits per heavy atom. The van der Waals surface area contributed by atoms with Gasteiger partial charge in [0.05, 0.1) is 20.3 Å². The Morgan fingerprint density at radius 2 is 1.82 bits per heavy atom. The van der Waals surface area contributed by atoms with E-state index in [1.54, 1.807) is 14.2 Å². The van der Waals surface area contributed by atoms with Crippen LogP contribution in [0.1, 0.15) is 45.1 Å². The number of ether oxygens (including phenoxy) is 4. The molecule has 3 aromatic rings. The van der Waals surface area contributed by atoms with Crippen LogP contribution in [0, 0.1) is 0 Å². The van der Waals surface area contributed by atoms with Gasteiger partial charge in [-0.05, 0) is 41.8 Å². The van der Waals surface area contributed by atoms with Crippen molar-refractivity contribution in [3.8, 4) is 23.0 Å². The highest BCUT2D eigenvalue weighted by Crippen LogP contribution is 2.50. The van der Waals surface area contributed by atoms with Crippen LogP contribution in [-0.2, 0) is 6.42 Å². The van der Waals surface area contributed by atoms with Crippen molar-refractivity contribution >= 4 is 17.6 Å². The molecule has 6 heteroatoms. The van der Waals surface area contributed by atoms with Crippen molar-refractivity contribution in [2.75, 3.05) is 27.6 Å². The van der Waals surface area contributed by atoms with Crippen LogP contribution in [0.2, 0.25) is 0 Å². The minimum Gasteiger partial charge on any atom is -0.493 e. The van der Waals surface area contributed by atoms with Crippen LogP contribution in [-0.4, -0.2) is 38.2 Å². The van der Waals surface area contributed by atoms with Gasteiger partial charge < -0.3 is 23.8 Å². The summed E-state index contributed by atoms with van der Waals surface area (Å²) in [4.78, 5) is 15.7. The molecule has 3 aromatic carbocycles. The van der Waals surface area contributed by atoms with Crippen molar-refractivity contribution in [3.05, 3.63) is 82.4 Å². The lowest BCUT2D eigenvalue weighted by molar-refractivity contribution is 0.0943. The van der Waals surface area contributed by atoms with Crippen LogP contribution < -0.4 is 18.9 Å². The first kappa shape index (κ1) is 20.7. The average molecular weight is 456 g/mol. The first-order chi connectivity index (χ1) is 16.7. The molecule has 0 radical (unpaired) electrons. The zero-order valence-corrected chi connectivity index (χ0v) is 19.2. The molecule has 1 atom stereocenters. The molecule has 0 spiro atoms. The summed E-state index contributed by atoms with van der Waals surface area (Å²) < 4.78 is 22.7. The second kappa shape index (κ2) is 8.13. The molecular formula is C28H25NO5. The van der Waals surface area contributed by atoms with E-state index in [4.69, 9.17) is 18.9 Å². The van der Waals surface area contributed by atoms with E-state index < -0.39 is 0 Å². The van der Waals surface area contributed by atoms with Gasteiger partial charge in [0.25, 0.3) is 0 Å². The summed E-state index contributed by atoms with van der Waals surface area (Å²) in [5.74, 6) is 3.00. The van der Waals surface area contributed by atoms with Gasteiger partial charge in [-0.15, -0.1) is 0 Å². The molecule has 0 fully saturated rings. The van der Waals surface area contributed by atoms with E-state index in [1.165, 1.54) is 5.56 Å². The third-order valence-corrected chi connectivity index (χ3v) is 6.90. The number of fused-ring (bicyclic) bond motifs is 5. The Labute approximate surface area is 198 Å². The molecule has 3 aliphatic rings. The van der Waals surface area contributed by atoms with Crippen LogP contribution in [0.3, 0.4) is 0 Å². The smallest absolute Gasteiger partial charge is 0.231 e. The normalized spacial score (nSPS) is 17.3. The van der Waals surface area contributed by atoms with Crippen molar-refractivity contribution in [1.29, 1.82) is 0 Å². The maximum absolute atomic E-state index is 13.4. The molecule has 34 heavy (non-hydrogen) atoms. The number of benzene rings is 3. The van der Waals surface area contributed by atoms with Crippen molar-refractivity contribution in [2.45, 2.75) is 18.9 Å². The molecule has 3 heterocycles. The van der Waals surface area contributed by atoms with Crippen LogP contribution in [0.15, 0.2) is 54.6 Å². The molecule has 3 aliphatic heterocycles. The number of nitrogens with zero attached hydrogens (tertiary/aromatic N) is 1. The number of hydrogen-bond donors (Lipinski definition) is 0. The quantitative estimate of drug-likeness (QED) is 0.498. The third-order valence-electron chi connectivity index (χ3n) is 6.90. The second-order valence-corrected chi connectivity index (χ2v) is 8.65. The van der Waals surface area contributed by atoms with Crippen LogP contribution in [0.4, 0.5) is 0 Å². The Hall–Kier alpha value is -3.93. The molecule has 172 valence electrons. The Balaban J connectivity index is 1.50. The topological polar surface area (TPSA) is 57.2 Å². The molecule has 0 saturated heterocycles. The van der Waals surface area contributed by atoms with Gasteiger partial charge >= 0.3 is 0 Å². The zero-order chi connectivity index (χ0) is 23.2. The molecule has 6 rings (SSSR count). The number of methoxy groups -OCH3 is 2. The van der Waals surface area contributed by atoms with Crippen molar-refractivity contribution in [2.24, 2.45) is 0 Å². The van der Waals surface area contributed by atoms with Crippen molar-refractivity contribution < 1.29 is 23.7 Å². The lowest BCUT2D eigenvalue weighted by atomic mass is 9.83. The predicted molar refractivity (Wildman–Crippen MR) is 129 cm³/mol. The minimum atomic E-state index is -0.189.